The number of imidazole rings is 1. The second-order valence-electron chi connectivity index (χ2n) is 7.16. The molecule has 5 heteroatoms. The summed E-state index contributed by atoms with van der Waals surface area (Å²) in [6, 6.07) is 23.7. The molecule has 0 aliphatic rings. The number of nitrogens with zero attached hydrogens (tertiary/aromatic N) is 2. The molecule has 0 bridgehead atoms. The lowest BCUT2D eigenvalue weighted by molar-refractivity contribution is 0.0925. The zero-order chi connectivity index (χ0) is 20.2. The van der Waals surface area contributed by atoms with Crippen LogP contribution in [0.25, 0.3) is 11.0 Å². The number of aliphatic hydroxyl groups is 1. The van der Waals surface area contributed by atoms with E-state index in [0.29, 0.717) is 18.0 Å². The van der Waals surface area contributed by atoms with E-state index in [-0.39, 0.29) is 6.61 Å². The number of fused-ring (bicyclic) bond motifs is 1. The van der Waals surface area contributed by atoms with E-state index in [1.54, 1.807) is 6.07 Å². The molecule has 0 fully saturated rings. The molecule has 1 unspecified atom stereocenters. The topological polar surface area (TPSA) is 47.3 Å². The van der Waals surface area contributed by atoms with Crippen LogP contribution in [0.3, 0.4) is 0 Å². The van der Waals surface area contributed by atoms with Gasteiger partial charge in [0.15, 0.2) is 0 Å². The van der Waals surface area contributed by atoms with E-state index in [9.17, 15) is 5.11 Å². The first-order valence-electron chi connectivity index (χ1n) is 9.65. The lowest BCUT2D eigenvalue weighted by Gasteiger charge is -2.17. The molecule has 0 saturated heterocycles. The fourth-order valence-corrected chi connectivity index (χ4v) is 3.69. The molecule has 0 aliphatic carbocycles. The minimum atomic E-state index is -0.669. The normalized spacial score (nSPS) is 12.2. The molecule has 1 N–H and O–H groups in total. The second-order valence-corrected chi connectivity index (χ2v) is 7.60. The lowest BCUT2D eigenvalue weighted by Crippen LogP contribution is -2.24. The Bertz CT molecular complexity index is 1110. The number of para-hydroxylation sites is 2. The Balaban J connectivity index is 1.53. The van der Waals surface area contributed by atoms with Crippen molar-refractivity contribution >= 4 is 22.6 Å². The summed E-state index contributed by atoms with van der Waals surface area (Å²) in [5.41, 5.74) is 4.08. The highest BCUT2D eigenvalue weighted by atomic mass is 35.5. The van der Waals surface area contributed by atoms with E-state index >= 15 is 0 Å². The van der Waals surface area contributed by atoms with Gasteiger partial charge in [-0.3, -0.25) is 0 Å². The van der Waals surface area contributed by atoms with Crippen molar-refractivity contribution in [1.82, 2.24) is 9.55 Å². The van der Waals surface area contributed by atoms with Crippen molar-refractivity contribution in [2.24, 2.45) is 0 Å². The first kappa shape index (κ1) is 19.5. The largest absolute Gasteiger partial charge is 0.491 e. The number of aliphatic hydroxyl groups excluding tert-OH is 1. The Morgan fingerprint density at radius 3 is 2.59 bits per heavy atom. The summed E-state index contributed by atoms with van der Waals surface area (Å²) in [5, 5.41) is 11.4. The molecule has 0 saturated carbocycles. The average Bonchev–Trinajstić information content (AvgIpc) is 3.05. The van der Waals surface area contributed by atoms with Crippen LogP contribution < -0.4 is 4.74 Å². The summed E-state index contributed by atoms with van der Waals surface area (Å²) < 4.78 is 7.92. The van der Waals surface area contributed by atoms with Crippen LogP contribution in [0.5, 0.6) is 5.75 Å². The number of halogens is 1. The minimum Gasteiger partial charge on any atom is -0.491 e. The van der Waals surface area contributed by atoms with Gasteiger partial charge in [0.1, 0.15) is 24.3 Å². The van der Waals surface area contributed by atoms with Crippen LogP contribution in [-0.2, 0) is 13.0 Å². The molecule has 0 amide bonds. The SMILES string of the molecule is Cc1cc(Cl)ccc1OCC(O)Cn1c(Cc2ccccc2)nc2ccccc21. The van der Waals surface area contributed by atoms with Crippen molar-refractivity contribution in [2.45, 2.75) is 26.0 Å². The van der Waals surface area contributed by atoms with E-state index in [1.807, 2.05) is 61.5 Å². The molecule has 4 aromatic rings. The van der Waals surface area contributed by atoms with E-state index in [4.69, 9.17) is 21.3 Å². The Morgan fingerprint density at radius 2 is 1.79 bits per heavy atom. The highest BCUT2D eigenvalue weighted by Gasteiger charge is 2.15. The highest BCUT2D eigenvalue weighted by molar-refractivity contribution is 6.30. The van der Waals surface area contributed by atoms with Gasteiger partial charge in [-0.1, -0.05) is 54.1 Å². The monoisotopic (exact) mass is 406 g/mol. The zero-order valence-electron chi connectivity index (χ0n) is 16.3. The van der Waals surface area contributed by atoms with Gasteiger partial charge in [-0.15, -0.1) is 0 Å². The Morgan fingerprint density at radius 1 is 1.03 bits per heavy atom. The number of rotatable bonds is 7. The predicted octanol–water partition coefficient (Wildman–Crippen LogP) is 5.03. The van der Waals surface area contributed by atoms with E-state index < -0.39 is 6.10 Å². The minimum absolute atomic E-state index is 0.194. The third kappa shape index (κ3) is 4.61. The molecule has 3 aromatic carbocycles. The Kier molecular flexibility index (Phi) is 5.84. The maximum atomic E-state index is 10.7. The lowest BCUT2D eigenvalue weighted by atomic mass is 10.1. The van der Waals surface area contributed by atoms with Crippen molar-refractivity contribution in [3.63, 3.8) is 0 Å². The smallest absolute Gasteiger partial charge is 0.122 e. The standard InChI is InChI=1S/C24H23ClN2O2/c1-17-13-19(25)11-12-23(17)29-16-20(28)15-27-22-10-6-5-9-21(22)26-24(27)14-18-7-3-2-4-8-18/h2-13,20,28H,14-16H2,1H3. The van der Waals surface area contributed by atoms with Crippen molar-refractivity contribution in [1.29, 1.82) is 0 Å². The van der Waals surface area contributed by atoms with Crippen LogP contribution >= 0.6 is 11.6 Å². The maximum Gasteiger partial charge on any atom is 0.122 e. The van der Waals surface area contributed by atoms with Gasteiger partial charge < -0.3 is 14.4 Å². The van der Waals surface area contributed by atoms with Crippen LogP contribution in [0.15, 0.2) is 72.8 Å². The molecule has 0 radical (unpaired) electrons. The summed E-state index contributed by atoms with van der Waals surface area (Å²) in [6.45, 7) is 2.55. The van der Waals surface area contributed by atoms with Gasteiger partial charge in [-0.25, -0.2) is 4.98 Å². The molecule has 0 spiro atoms. The maximum absolute atomic E-state index is 10.7. The molecule has 4 nitrogen and oxygen atoms in total. The fourth-order valence-electron chi connectivity index (χ4n) is 3.47. The summed E-state index contributed by atoms with van der Waals surface area (Å²) >= 11 is 6.00. The van der Waals surface area contributed by atoms with Gasteiger partial charge in [0, 0.05) is 11.4 Å². The molecule has 1 heterocycles. The Labute approximate surface area is 175 Å². The quantitative estimate of drug-likeness (QED) is 0.468. The number of hydrogen-bond acceptors (Lipinski definition) is 3. The Hall–Kier alpha value is -2.82. The third-order valence-corrected chi connectivity index (χ3v) is 5.14. The number of hydrogen-bond donors (Lipinski definition) is 1. The van der Waals surface area contributed by atoms with E-state index in [2.05, 4.69) is 16.7 Å². The average molecular weight is 407 g/mol. The first-order valence-corrected chi connectivity index (χ1v) is 10.0. The first-order chi connectivity index (χ1) is 14.1. The van der Waals surface area contributed by atoms with E-state index in [1.165, 1.54) is 5.56 Å². The predicted molar refractivity (Wildman–Crippen MR) is 117 cm³/mol. The summed E-state index contributed by atoms with van der Waals surface area (Å²) in [5.74, 6) is 1.66. The highest BCUT2D eigenvalue weighted by Crippen LogP contribution is 2.23. The fraction of sp³-hybridized carbons (Fsp3) is 0.208. The van der Waals surface area contributed by atoms with Gasteiger partial charge in [-0.05, 0) is 48.4 Å². The molecule has 0 aliphatic heterocycles. The zero-order valence-corrected chi connectivity index (χ0v) is 17.0. The number of aromatic nitrogens is 2. The molecular formula is C24H23ClN2O2. The van der Waals surface area contributed by atoms with Gasteiger partial charge in [0.2, 0.25) is 0 Å². The van der Waals surface area contributed by atoms with Crippen LogP contribution in [0.2, 0.25) is 5.02 Å². The second kappa shape index (κ2) is 8.68. The van der Waals surface area contributed by atoms with Gasteiger partial charge in [-0.2, -0.15) is 0 Å². The number of aryl methyl sites for hydroxylation is 1. The van der Waals surface area contributed by atoms with Gasteiger partial charge >= 0.3 is 0 Å². The number of benzene rings is 3. The van der Waals surface area contributed by atoms with Crippen molar-refractivity contribution in [3.05, 3.63) is 94.8 Å². The van der Waals surface area contributed by atoms with Crippen LogP contribution in [0, 0.1) is 6.92 Å². The van der Waals surface area contributed by atoms with Gasteiger partial charge in [0.05, 0.1) is 17.6 Å². The number of ether oxygens (including phenoxy) is 1. The van der Waals surface area contributed by atoms with Crippen LogP contribution in [0.1, 0.15) is 17.0 Å². The van der Waals surface area contributed by atoms with Crippen LogP contribution in [-0.4, -0.2) is 27.4 Å². The van der Waals surface area contributed by atoms with Crippen LogP contribution in [0.4, 0.5) is 0 Å². The molecular weight excluding hydrogens is 384 g/mol. The molecule has 4 rings (SSSR count). The summed E-state index contributed by atoms with van der Waals surface area (Å²) in [4.78, 5) is 4.80. The van der Waals surface area contributed by atoms with Gasteiger partial charge in [0.25, 0.3) is 0 Å². The molecule has 1 aromatic heterocycles. The summed E-state index contributed by atoms with van der Waals surface area (Å²) in [6.07, 6.45) is 0.0385. The molecule has 148 valence electrons. The van der Waals surface area contributed by atoms with Crippen molar-refractivity contribution in [2.75, 3.05) is 6.61 Å². The summed E-state index contributed by atoms with van der Waals surface area (Å²) in [7, 11) is 0. The van der Waals surface area contributed by atoms with Crippen molar-refractivity contribution < 1.29 is 9.84 Å². The van der Waals surface area contributed by atoms with E-state index in [0.717, 1.165) is 28.2 Å². The molecule has 29 heavy (non-hydrogen) atoms. The molecule has 1 atom stereocenters. The third-order valence-electron chi connectivity index (χ3n) is 4.90. The van der Waals surface area contributed by atoms with Crippen molar-refractivity contribution in [3.8, 4) is 5.75 Å².